The Hall–Kier alpha value is -3.91. The van der Waals surface area contributed by atoms with Crippen molar-refractivity contribution in [1.29, 1.82) is 5.26 Å². The van der Waals surface area contributed by atoms with Gasteiger partial charge in [0.25, 0.3) is 0 Å². The van der Waals surface area contributed by atoms with Gasteiger partial charge >= 0.3 is 6.09 Å². The van der Waals surface area contributed by atoms with Gasteiger partial charge in [0.2, 0.25) is 0 Å². The molecule has 0 unspecified atom stereocenters. The number of aromatic nitrogens is 6. The van der Waals surface area contributed by atoms with E-state index in [1.165, 1.54) is 23.0 Å². The van der Waals surface area contributed by atoms with Crippen molar-refractivity contribution in [3.8, 4) is 17.6 Å². The number of carboxylic acid groups (broad SMARTS) is 1. The van der Waals surface area contributed by atoms with E-state index >= 15 is 0 Å². The van der Waals surface area contributed by atoms with E-state index in [-0.39, 0.29) is 44.3 Å². The van der Waals surface area contributed by atoms with E-state index in [9.17, 15) is 15.2 Å². The number of benzene rings is 2. The molecule has 0 aliphatic rings. The lowest BCUT2D eigenvalue weighted by molar-refractivity contribution is 0.193. The van der Waals surface area contributed by atoms with E-state index in [1.807, 2.05) is 6.07 Å². The normalized spacial score (nSPS) is 11.1. The van der Waals surface area contributed by atoms with Gasteiger partial charge in [-0.15, -0.1) is 9.78 Å². The first-order chi connectivity index (χ1) is 16.4. The number of halogens is 3. The number of hydrogen-bond donors (Lipinski definition) is 1. The molecule has 0 atom stereocenters. The highest BCUT2D eigenvalue weighted by molar-refractivity contribution is 6.35. The number of carbonyl (C=O) groups is 1. The highest BCUT2D eigenvalue weighted by Crippen LogP contribution is 2.40. The molecule has 0 spiro atoms. The molecule has 0 aliphatic heterocycles. The molecule has 0 radical (unpaired) electrons. The minimum atomic E-state index is -1.25. The van der Waals surface area contributed by atoms with Crippen LogP contribution in [-0.4, -0.2) is 41.0 Å². The van der Waals surface area contributed by atoms with Crippen LogP contribution in [0.15, 0.2) is 42.6 Å². The van der Waals surface area contributed by atoms with E-state index in [4.69, 9.17) is 39.5 Å². The van der Waals surface area contributed by atoms with Gasteiger partial charge in [0.15, 0.2) is 16.9 Å². The van der Waals surface area contributed by atoms with Crippen LogP contribution in [0, 0.1) is 11.3 Å². The van der Waals surface area contributed by atoms with Gasteiger partial charge in [-0.05, 0) is 30.3 Å². The summed E-state index contributed by atoms with van der Waals surface area (Å²) in [6.07, 6.45) is 0.235. The summed E-state index contributed by atoms with van der Waals surface area (Å²) in [7, 11) is 0. The van der Waals surface area contributed by atoms with Gasteiger partial charge in [0.05, 0.1) is 28.3 Å². The molecule has 3 heterocycles. The lowest BCUT2D eigenvalue weighted by atomic mass is 10.2. The largest absolute Gasteiger partial charge is 0.463 e. The zero-order valence-electron chi connectivity index (χ0n) is 16.8. The standard InChI is InChI=1S/C21H10Cl3N7O3/c22-11-6-10(8-25)17(24)16(7-11)34-19-13(23)3-4-15-18(19)27-29-30(15)9-14-12-2-1-5-26-20(12)31(28-14)21(32)33/h1-7H,9H2,(H,32,33). The zero-order valence-corrected chi connectivity index (χ0v) is 19.0. The highest BCUT2D eigenvalue weighted by Gasteiger charge is 2.20. The fourth-order valence-electron chi connectivity index (χ4n) is 3.44. The highest BCUT2D eigenvalue weighted by atomic mass is 35.5. The van der Waals surface area contributed by atoms with Gasteiger partial charge in [-0.25, -0.2) is 14.5 Å². The van der Waals surface area contributed by atoms with E-state index in [0.717, 1.165) is 4.68 Å². The van der Waals surface area contributed by atoms with Crippen molar-refractivity contribution in [1.82, 2.24) is 29.8 Å². The van der Waals surface area contributed by atoms with Crippen molar-refractivity contribution in [3.05, 3.63) is 68.9 Å². The Labute approximate surface area is 205 Å². The number of fused-ring (bicyclic) bond motifs is 2. The lowest BCUT2D eigenvalue weighted by Crippen LogP contribution is -2.11. The third-order valence-corrected chi connectivity index (χ3v) is 5.83. The Kier molecular flexibility index (Phi) is 5.45. The smallest absolute Gasteiger partial charge is 0.434 e. The van der Waals surface area contributed by atoms with E-state index in [2.05, 4.69) is 20.4 Å². The molecular formula is C21H10Cl3N7O3. The van der Waals surface area contributed by atoms with Crippen LogP contribution in [0.1, 0.15) is 11.3 Å². The van der Waals surface area contributed by atoms with E-state index in [0.29, 0.717) is 22.1 Å². The van der Waals surface area contributed by atoms with Crippen molar-refractivity contribution < 1.29 is 14.6 Å². The van der Waals surface area contributed by atoms with Crippen LogP contribution in [-0.2, 0) is 6.54 Å². The maximum Gasteiger partial charge on any atom is 0.434 e. The molecule has 0 bridgehead atoms. The van der Waals surface area contributed by atoms with E-state index < -0.39 is 6.09 Å². The molecule has 0 fully saturated rings. The van der Waals surface area contributed by atoms with Crippen molar-refractivity contribution in [3.63, 3.8) is 0 Å². The molecule has 0 amide bonds. The summed E-state index contributed by atoms with van der Waals surface area (Å²) in [5.74, 6) is 0.299. The van der Waals surface area contributed by atoms with Crippen molar-refractivity contribution in [2.24, 2.45) is 0 Å². The molecule has 2 aromatic carbocycles. The molecule has 5 aromatic rings. The maximum atomic E-state index is 11.6. The first kappa shape index (κ1) is 21.9. The van der Waals surface area contributed by atoms with Gasteiger partial charge in [-0.2, -0.15) is 10.4 Å². The topological polar surface area (TPSA) is 132 Å². The summed E-state index contributed by atoms with van der Waals surface area (Å²) >= 11 is 18.7. The third-order valence-electron chi connectivity index (χ3n) is 4.93. The summed E-state index contributed by atoms with van der Waals surface area (Å²) in [5, 5.41) is 32.4. The number of pyridine rings is 1. The summed E-state index contributed by atoms with van der Waals surface area (Å²) < 4.78 is 8.26. The quantitative estimate of drug-likeness (QED) is 0.338. The Morgan fingerprint density at radius 1 is 1.21 bits per heavy atom. The van der Waals surface area contributed by atoms with Crippen LogP contribution >= 0.6 is 34.8 Å². The SMILES string of the molecule is N#Cc1cc(Cl)cc(Oc2c(Cl)ccc3c2nnn3Cc2nn(C(=O)O)c3ncccc23)c1Cl. The molecule has 0 saturated carbocycles. The fraction of sp³-hybridized carbons (Fsp3) is 0.0476. The molecule has 0 saturated heterocycles. The molecular weight excluding hydrogens is 505 g/mol. The molecule has 3 aromatic heterocycles. The Morgan fingerprint density at radius 3 is 2.79 bits per heavy atom. The van der Waals surface area contributed by atoms with Crippen molar-refractivity contribution in [2.45, 2.75) is 6.54 Å². The lowest BCUT2D eigenvalue weighted by Gasteiger charge is -2.11. The van der Waals surface area contributed by atoms with Crippen LogP contribution in [0.25, 0.3) is 22.1 Å². The Morgan fingerprint density at radius 2 is 2.03 bits per heavy atom. The fourth-order valence-corrected chi connectivity index (χ4v) is 4.03. The van der Waals surface area contributed by atoms with Gasteiger partial charge in [0.1, 0.15) is 16.8 Å². The van der Waals surface area contributed by atoms with E-state index in [1.54, 1.807) is 24.3 Å². The van der Waals surface area contributed by atoms with Gasteiger partial charge in [-0.1, -0.05) is 40.0 Å². The average Bonchev–Trinajstić information content (AvgIpc) is 3.40. The van der Waals surface area contributed by atoms with Gasteiger partial charge in [-0.3, -0.25) is 0 Å². The van der Waals surface area contributed by atoms with Crippen LogP contribution in [0.4, 0.5) is 4.79 Å². The molecule has 10 nitrogen and oxygen atoms in total. The number of nitrogens with zero attached hydrogens (tertiary/aromatic N) is 7. The van der Waals surface area contributed by atoms with Gasteiger partial charge < -0.3 is 9.84 Å². The van der Waals surface area contributed by atoms with Crippen LogP contribution in [0.5, 0.6) is 11.5 Å². The summed E-state index contributed by atoms with van der Waals surface area (Å²) in [6.45, 7) is 0.108. The van der Waals surface area contributed by atoms with Crippen LogP contribution < -0.4 is 4.74 Å². The maximum absolute atomic E-state index is 11.6. The number of hydrogen-bond acceptors (Lipinski definition) is 7. The Balaban J connectivity index is 1.58. The zero-order chi connectivity index (χ0) is 24.0. The minimum Gasteiger partial charge on any atom is -0.463 e. The summed E-state index contributed by atoms with van der Waals surface area (Å²) in [5.41, 5.74) is 1.66. The predicted octanol–water partition coefficient (Wildman–Crippen LogP) is 5.37. The second-order valence-electron chi connectivity index (χ2n) is 6.99. The predicted molar refractivity (Wildman–Crippen MR) is 124 cm³/mol. The number of ether oxygens (including phenoxy) is 1. The Bertz CT molecular complexity index is 1660. The molecule has 1 N–H and O–H groups in total. The molecule has 168 valence electrons. The summed E-state index contributed by atoms with van der Waals surface area (Å²) in [6, 6.07) is 11.5. The van der Waals surface area contributed by atoms with Crippen LogP contribution in [0.2, 0.25) is 15.1 Å². The molecule has 5 rings (SSSR count). The second kappa shape index (κ2) is 8.46. The number of nitriles is 1. The van der Waals surface area contributed by atoms with Gasteiger partial charge in [0, 0.05) is 22.7 Å². The second-order valence-corrected chi connectivity index (χ2v) is 8.21. The van der Waals surface area contributed by atoms with Crippen molar-refractivity contribution >= 4 is 63.0 Å². The molecule has 34 heavy (non-hydrogen) atoms. The first-order valence-corrected chi connectivity index (χ1v) is 10.7. The van der Waals surface area contributed by atoms with Crippen molar-refractivity contribution in [2.75, 3.05) is 0 Å². The van der Waals surface area contributed by atoms with Crippen LogP contribution in [0.3, 0.4) is 0 Å². The first-order valence-electron chi connectivity index (χ1n) is 9.52. The third kappa shape index (κ3) is 3.66. The molecule has 13 heteroatoms. The summed E-state index contributed by atoms with van der Waals surface area (Å²) in [4.78, 5) is 15.7. The molecule has 0 aliphatic carbocycles. The average molecular weight is 515 g/mol. The monoisotopic (exact) mass is 513 g/mol. The minimum absolute atomic E-state index is 0.0746. The number of rotatable bonds is 4.